The summed E-state index contributed by atoms with van der Waals surface area (Å²) in [5, 5.41) is 13.4. The first kappa shape index (κ1) is 18.4. The fraction of sp³-hybridized carbons (Fsp3) is 0.444. The summed E-state index contributed by atoms with van der Waals surface area (Å²) in [4.78, 5) is 26.3. The highest BCUT2D eigenvalue weighted by molar-refractivity contribution is 7.80. The summed E-state index contributed by atoms with van der Waals surface area (Å²) in [6.07, 6.45) is 3.93. The number of aromatic nitrogens is 1. The van der Waals surface area contributed by atoms with Crippen molar-refractivity contribution in [1.82, 2.24) is 10.3 Å². The van der Waals surface area contributed by atoms with E-state index in [1.54, 1.807) is 0 Å². The summed E-state index contributed by atoms with van der Waals surface area (Å²) in [7, 11) is 0. The van der Waals surface area contributed by atoms with E-state index in [9.17, 15) is 14.7 Å². The Labute approximate surface area is 147 Å². The molecule has 2 atom stereocenters. The van der Waals surface area contributed by atoms with Gasteiger partial charge < -0.3 is 15.4 Å². The van der Waals surface area contributed by atoms with Crippen molar-refractivity contribution in [2.75, 3.05) is 6.54 Å². The second-order valence-electron chi connectivity index (χ2n) is 6.14. The van der Waals surface area contributed by atoms with Gasteiger partial charge >= 0.3 is 5.97 Å². The first-order chi connectivity index (χ1) is 11.5. The standard InChI is InChI=1S/C18H24N2O3S/c1-12(24)9-17(21)19-8-4-5-13(18(22)23)10-14-11-20-16-7-3-2-6-15(14)16/h2-3,6-7,11-13,20,24H,4-5,8-10H2,1H3,(H,19,21)(H,22,23)/t12?,13-/m0/s1. The fourth-order valence-corrected chi connectivity index (χ4v) is 2.96. The summed E-state index contributed by atoms with van der Waals surface area (Å²) in [6, 6.07) is 7.88. The van der Waals surface area contributed by atoms with Crippen LogP contribution in [0.25, 0.3) is 10.9 Å². The van der Waals surface area contributed by atoms with Gasteiger partial charge in [0.2, 0.25) is 5.91 Å². The Bertz CT molecular complexity index is 696. The van der Waals surface area contributed by atoms with Crippen LogP contribution in [-0.4, -0.2) is 33.8 Å². The summed E-state index contributed by atoms with van der Waals surface area (Å²) >= 11 is 4.18. The number of amides is 1. The molecule has 24 heavy (non-hydrogen) atoms. The SMILES string of the molecule is CC(S)CC(=O)NCCC[C@@H](Cc1c[nH]c2ccccc12)C(=O)O. The number of nitrogens with one attached hydrogen (secondary N) is 2. The predicted octanol–water partition coefficient (Wildman–Crippen LogP) is 3.02. The molecule has 1 aromatic carbocycles. The lowest BCUT2D eigenvalue weighted by molar-refractivity contribution is -0.141. The number of rotatable bonds is 9. The third-order valence-corrected chi connectivity index (χ3v) is 4.21. The molecule has 1 aromatic heterocycles. The van der Waals surface area contributed by atoms with Crippen LogP contribution in [0.15, 0.2) is 30.5 Å². The van der Waals surface area contributed by atoms with Crippen molar-refractivity contribution in [2.24, 2.45) is 5.92 Å². The Morgan fingerprint density at radius 2 is 2.08 bits per heavy atom. The zero-order chi connectivity index (χ0) is 17.5. The van der Waals surface area contributed by atoms with Gasteiger partial charge in [-0.2, -0.15) is 12.6 Å². The molecule has 0 fully saturated rings. The maximum absolute atomic E-state index is 11.6. The van der Waals surface area contributed by atoms with Crippen LogP contribution >= 0.6 is 12.6 Å². The number of hydrogen-bond donors (Lipinski definition) is 4. The molecule has 2 aromatic rings. The van der Waals surface area contributed by atoms with Gasteiger partial charge in [0.05, 0.1) is 5.92 Å². The number of carbonyl (C=O) groups is 2. The monoisotopic (exact) mass is 348 g/mol. The van der Waals surface area contributed by atoms with Gasteiger partial charge in [-0.15, -0.1) is 0 Å². The van der Waals surface area contributed by atoms with Crippen LogP contribution in [0.1, 0.15) is 31.7 Å². The minimum atomic E-state index is -0.796. The number of carboxylic acids is 1. The highest BCUT2D eigenvalue weighted by atomic mass is 32.1. The van der Waals surface area contributed by atoms with Crippen molar-refractivity contribution in [1.29, 1.82) is 0 Å². The van der Waals surface area contributed by atoms with E-state index in [0.29, 0.717) is 32.2 Å². The van der Waals surface area contributed by atoms with E-state index >= 15 is 0 Å². The van der Waals surface area contributed by atoms with E-state index in [0.717, 1.165) is 16.5 Å². The molecule has 0 aliphatic heterocycles. The molecule has 0 radical (unpaired) electrons. The number of fused-ring (bicyclic) bond motifs is 1. The van der Waals surface area contributed by atoms with Crippen LogP contribution < -0.4 is 5.32 Å². The third-order valence-electron chi connectivity index (χ3n) is 4.02. The van der Waals surface area contributed by atoms with Gasteiger partial charge in [0.25, 0.3) is 0 Å². The lowest BCUT2D eigenvalue weighted by atomic mass is 9.94. The number of benzene rings is 1. The Hall–Kier alpha value is -1.95. The van der Waals surface area contributed by atoms with Crippen LogP contribution in [0.2, 0.25) is 0 Å². The lowest BCUT2D eigenvalue weighted by Gasteiger charge is -2.12. The number of thiol groups is 1. The normalized spacial score (nSPS) is 13.6. The number of para-hydroxylation sites is 1. The Morgan fingerprint density at radius 3 is 2.79 bits per heavy atom. The lowest BCUT2D eigenvalue weighted by Crippen LogP contribution is -2.27. The predicted molar refractivity (Wildman–Crippen MR) is 98.4 cm³/mol. The van der Waals surface area contributed by atoms with Crippen molar-refractivity contribution in [2.45, 2.75) is 37.9 Å². The molecule has 0 saturated heterocycles. The zero-order valence-electron chi connectivity index (χ0n) is 13.8. The van der Waals surface area contributed by atoms with Crippen LogP contribution in [0.5, 0.6) is 0 Å². The number of hydrogen-bond acceptors (Lipinski definition) is 3. The van der Waals surface area contributed by atoms with Crippen molar-refractivity contribution >= 4 is 35.4 Å². The quantitative estimate of drug-likeness (QED) is 0.415. The van der Waals surface area contributed by atoms with Gasteiger partial charge in [0.15, 0.2) is 0 Å². The number of aromatic amines is 1. The van der Waals surface area contributed by atoms with E-state index in [-0.39, 0.29) is 11.2 Å². The molecule has 0 aliphatic rings. The summed E-state index contributed by atoms with van der Waals surface area (Å²) in [5.74, 6) is -1.29. The van der Waals surface area contributed by atoms with Crippen LogP contribution in [0, 0.1) is 5.92 Å². The molecule has 2 rings (SSSR count). The molecule has 1 unspecified atom stereocenters. The van der Waals surface area contributed by atoms with E-state index in [1.165, 1.54) is 0 Å². The summed E-state index contributed by atoms with van der Waals surface area (Å²) in [5.41, 5.74) is 2.04. The first-order valence-corrected chi connectivity index (χ1v) is 8.71. The average molecular weight is 348 g/mol. The van der Waals surface area contributed by atoms with Crippen molar-refractivity contribution in [3.63, 3.8) is 0 Å². The van der Waals surface area contributed by atoms with E-state index in [1.807, 2.05) is 37.4 Å². The Kier molecular flexibility index (Phi) is 6.73. The molecular formula is C18H24N2O3S. The maximum Gasteiger partial charge on any atom is 0.306 e. The third kappa shape index (κ3) is 5.30. The van der Waals surface area contributed by atoms with Gasteiger partial charge in [-0.05, 0) is 30.9 Å². The first-order valence-electron chi connectivity index (χ1n) is 8.20. The Morgan fingerprint density at radius 1 is 1.33 bits per heavy atom. The number of aliphatic carboxylic acids is 1. The van der Waals surface area contributed by atoms with Crippen LogP contribution in [0.3, 0.4) is 0 Å². The highest BCUT2D eigenvalue weighted by Gasteiger charge is 2.19. The molecule has 1 amide bonds. The highest BCUT2D eigenvalue weighted by Crippen LogP contribution is 2.22. The molecule has 0 saturated carbocycles. The molecule has 130 valence electrons. The van der Waals surface area contributed by atoms with Crippen LogP contribution in [0.4, 0.5) is 0 Å². The van der Waals surface area contributed by atoms with Crippen molar-refractivity contribution < 1.29 is 14.7 Å². The van der Waals surface area contributed by atoms with Gasteiger partial charge in [-0.25, -0.2) is 0 Å². The van der Waals surface area contributed by atoms with E-state index < -0.39 is 11.9 Å². The topological polar surface area (TPSA) is 82.2 Å². The van der Waals surface area contributed by atoms with Gasteiger partial charge in [-0.3, -0.25) is 9.59 Å². The van der Waals surface area contributed by atoms with Gasteiger partial charge in [0, 0.05) is 35.3 Å². The fourth-order valence-electron chi connectivity index (χ4n) is 2.80. The smallest absolute Gasteiger partial charge is 0.306 e. The van der Waals surface area contributed by atoms with E-state index in [4.69, 9.17) is 0 Å². The zero-order valence-corrected chi connectivity index (χ0v) is 14.7. The minimum Gasteiger partial charge on any atom is -0.481 e. The molecule has 3 N–H and O–H groups in total. The number of carboxylic acid groups (broad SMARTS) is 1. The number of carbonyl (C=O) groups excluding carboxylic acids is 1. The molecule has 6 heteroatoms. The molecule has 1 heterocycles. The molecule has 0 bridgehead atoms. The van der Waals surface area contributed by atoms with Crippen molar-refractivity contribution in [3.8, 4) is 0 Å². The molecular weight excluding hydrogens is 324 g/mol. The second kappa shape index (κ2) is 8.78. The number of H-pyrrole nitrogens is 1. The van der Waals surface area contributed by atoms with E-state index in [2.05, 4.69) is 22.9 Å². The minimum absolute atomic E-state index is 0.0265. The molecule has 0 aliphatic carbocycles. The maximum atomic E-state index is 11.6. The van der Waals surface area contributed by atoms with Crippen molar-refractivity contribution in [3.05, 3.63) is 36.0 Å². The summed E-state index contributed by atoms with van der Waals surface area (Å²) in [6.45, 7) is 2.36. The summed E-state index contributed by atoms with van der Waals surface area (Å²) < 4.78 is 0. The Balaban J connectivity index is 1.86. The molecule has 0 spiro atoms. The van der Waals surface area contributed by atoms with Gasteiger partial charge in [-0.1, -0.05) is 25.1 Å². The van der Waals surface area contributed by atoms with Crippen LogP contribution in [-0.2, 0) is 16.0 Å². The molecule has 5 nitrogen and oxygen atoms in total. The largest absolute Gasteiger partial charge is 0.481 e. The van der Waals surface area contributed by atoms with Gasteiger partial charge in [0.1, 0.15) is 0 Å². The second-order valence-corrected chi connectivity index (χ2v) is 7.03. The average Bonchev–Trinajstić information content (AvgIpc) is 2.92.